The maximum atomic E-state index is 12.0. The van der Waals surface area contributed by atoms with Crippen molar-refractivity contribution in [2.24, 2.45) is 5.41 Å². The van der Waals surface area contributed by atoms with Crippen LogP contribution in [0.15, 0.2) is 0 Å². The first-order chi connectivity index (χ1) is 9.12. The largest absolute Gasteiger partial charge is 0.378 e. The Balaban J connectivity index is 2.07. The molecule has 0 spiro atoms. The van der Waals surface area contributed by atoms with E-state index in [2.05, 4.69) is 26.1 Å². The zero-order chi connectivity index (χ0) is 15.2. The third-order valence-corrected chi connectivity index (χ3v) is 7.61. The number of ether oxygens (including phenoxy) is 1. The number of hydrogen-bond donors (Lipinski definition) is 1. The van der Waals surface area contributed by atoms with Crippen LogP contribution in [0.1, 0.15) is 52.9 Å². The summed E-state index contributed by atoms with van der Waals surface area (Å²) in [6.45, 7) is 6.55. The highest BCUT2D eigenvalue weighted by Gasteiger charge is 2.58. The van der Waals surface area contributed by atoms with Crippen molar-refractivity contribution in [2.75, 3.05) is 13.4 Å². The minimum absolute atomic E-state index is 0.0290. The molecule has 0 bridgehead atoms. The SMILES string of the molecule is CO[C@]1(C)C[C@H](N[C@@H]2CCCC[C@H]2S(C)(=O)=O)C1(C)C. The highest BCUT2D eigenvalue weighted by atomic mass is 32.2. The molecule has 4 nitrogen and oxygen atoms in total. The van der Waals surface area contributed by atoms with E-state index >= 15 is 0 Å². The standard InChI is InChI=1S/C15H29NO3S/c1-14(2)13(10-15(14,3)19-4)16-11-8-6-7-9-12(11)20(5,17)18/h11-13,16H,6-10H2,1-5H3/t11-,12-,13+,15-/m1/s1. The third-order valence-electron chi connectivity index (χ3n) is 5.95. The molecular formula is C15H29NO3S. The molecule has 0 amide bonds. The number of methoxy groups -OCH3 is 1. The molecule has 0 unspecified atom stereocenters. The molecule has 0 saturated heterocycles. The summed E-state index contributed by atoms with van der Waals surface area (Å²) in [4.78, 5) is 0. The van der Waals surface area contributed by atoms with Gasteiger partial charge in [-0.3, -0.25) is 0 Å². The molecule has 2 aliphatic carbocycles. The molecule has 2 aliphatic rings. The molecule has 0 aromatic heterocycles. The van der Waals surface area contributed by atoms with Gasteiger partial charge in [-0.15, -0.1) is 0 Å². The fourth-order valence-corrected chi connectivity index (χ4v) is 5.22. The van der Waals surface area contributed by atoms with E-state index in [-0.39, 0.29) is 22.3 Å². The lowest BCUT2D eigenvalue weighted by atomic mass is 9.55. The number of sulfone groups is 1. The van der Waals surface area contributed by atoms with Gasteiger partial charge in [-0.1, -0.05) is 26.7 Å². The van der Waals surface area contributed by atoms with Gasteiger partial charge in [-0.25, -0.2) is 8.42 Å². The summed E-state index contributed by atoms with van der Waals surface area (Å²) in [5, 5.41) is 3.41. The predicted octanol–water partition coefficient (Wildman–Crippen LogP) is 2.14. The van der Waals surface area contributed by atoms with E-state index in [0.717, 1.165) is 32.1 Å². The summed E-state index contributed by atoms with van der Waals surface area (Å²) in [7, 11) is -1.21. The second-order valence-corrected chi connectivity index (χ2v) is 9.60. The summed E-state index contributed by atoms with van der Waals surface area (Å²) in [6.07, 6.45) is 6.24. The highest BCUT2D eigenvalue weighted by Crippen LogP contribution is 2.51. The van der Waals surface area contributed by atoms with Gasteiger partial charge >= 0.3 is 0 Å². The first-order valence-corrected chi connectivity index (χ1v) is 9.57. The summed E-state index contributed by atoms with van der Waals surface area (Å²) in [5.74, 6) is 0. The zero-order valence-electron chi connectivity index (χ0n) is 13.4. The van der Waals surface area contributed by atoms with Gasteiger partial charge in [0.2, 0.25) is 0 Å². The fraction of sp³-hybridized carbons (Fsp3) is 1.00. The van der Waals surface area contributed by atoms with Gasteiger partial charge in [-0.05, 0) is 26.2 Å². The molecule has 2 rings (SSSR count). The lowest BCUT2D eigenvalue weighted by Gasteiger charge is -2.60. The number of hydrogen-bond acceptors (Lipinski definition) is 4. The molecule has 0 aromatic rings. The molecule has 0 aliphatic heterocycles. The molecule has 118 valence electrons. The topological polar surface area (TPSA) is 55.4 Å². The number of nitrogens with one attached hydrogen (secondary N) is 1. The maximum Gasteiger partial charge on any atom is 0.151 e. The second kappa shape index (κ2) is 5.25. The van der Waals surface area contributed by atoms with Gasteiger partial charge in [0.05, 0.1) is 10.9 Å². The summed E-state index contributed by atoms with van der Waals surface area (Å²) >= 11 is 0. The summed E-state index contributed by atoms with van der Waals surface area (Å²) in [6, 6.07) is 0.434. The van der Waals surface area contributed by atoms with E-state index in [1.165, 1.54) is 6.26 Å². The Morgan fingerprint density at radius 2 is 1.75 bits per heavy atom. The van der Waals surface area contributed by atoms with Gasteiger partial charge in [0.25, 0.3) is 0 Å². The molecule has 0 heterocycles. The maximum absolute atomic E-state index is 12.0. The predicted molar refractivity (Wildman–Crippen MR) is 81.6 cm³/mol. The Morgan fingerprint density at radius 3 is 2.25 bits per heavy atom. The normalized spacial score (nSPS) is 41.1. The minimum Gasteiger partial charge on any atom is -0.378 e. The van der Waals surface area contributed by atoms with Crippen LogP contribution in [0.5, 0.6) is 0 Å². The van der Waals surface area contributed by atoms with E-state index in [4.69, 9.17) is 4.74 Å². The molecular weight excluding hydrogens is 274 g/mol. The van der Waals surface area contributed by atoms with Crippen molar-refractivity contribution in [3.8, 4) is 0 Å². The monoisotopic (exact) mass is 303 g/mol. The summed E-state index contributed by atoms with van der Waals surface area (Å²) in [5.41, 5.74) is -0.0822. The van der Waals surface area contributed by atoms with Crippen LogP contribution >= 0.6 is 0 Å². The second-order valence-electron chi connectivity index (χ2n) is 7.34. The van der Waals surface area contributed by atoms with Gasteiger partial charge in [0, 0.05) is 30.9 Å². The van der Waals surface area contributed by atoms with E-state index in [1.54, 1.807) is 7.11 Å². The van der Waals surface area contributed by atoms with Crippen LogP contribution < -0.4 is 5.32 Å². The quantitative estimate of drug-likeness (QED) is 0.864. The van der Waals surface area contributed by atoms with Crippen molar-refractivity contribution in [3.63, 3.8) is 0 Å². The molecule has 5 heteroatoms. The molecule has 2 fully saturated rings. The van der Waals surface area contributed by atoms with E-state index < -0.39 is 9.84 Å². The lowest BCUT2D eigenvalue weighted by Crippen LogP contribution is -2.70. The summed E-state index contributed by atoms with van der Waals surface area (Å²) < 4.78 is 29.6. The van der Waals surface area contributed by atoms with Crippen molar-refractivity contribution in [1.29, 1.82) is 0 Å². The van der Waals surface area contributed by atoms with Crippen molar-refractivity contribution < 1.29 is 13.2 Å². The van der Waals surface area contributed by atoms with Gasteiger partial charge < -0.3 is 10.1 Å². The van der Waals surface area contributed by atoms with Crippen LogP contribution in [0.3, 0.4) is 0 Å². The van der Waals surface area contributed by atoms with Crippen LogP contribution in [0.4, 0.5) is 0 Å². The van der Waals surface area contributed by atoms with Crippen molar-refractivity contribution >= 4 is 9.84 Å². The van der Waals surface area contributed by atoms with Crippen molar-refractivity contribution in [2.45, 2.75) is 75.8 Å². The molecule has 1 N–H and O–H groups in total. The van der Waals surface area contributed by atoms with Crippen molar-refractivity contribution in [3.05, 3.63) is 0 Å². The Kier molecular flexibility index (Phi) is 4.27. The lowest BCUT2D eigenvalue weighted by molar-refractivity contribution is -0.182. The molecule has 0 radical (unpaired) electrons. The van der Waals surface area contributed by atoms with Gasteiger partial charge in [-0.2, -0.15) is 0 Å². The highest BCUT2D eigenvalue weighted by molar-refractivity contribution is 7.91. The Morgan fingerprint density at radius 1 is 1.15 bits per heavy atom. The number of rotatable bonds is 4. The molecule has 2 saturated carbocycles. The Bertz CT molecular complexity index is 460. The first-order valence-electron chi connectivity index (χ1n) is 7.62. The average molecular weight is 303 g/mol. The van der Waals surface area contributed by atoms with E-state index in [0.29, 0.717) is 6.04 Å². The smallest absolute Gasteiger partial charge is 0.151 e. The van der Waals surface area contributed by atoms with Gasteiger partial charge in [0.15, 0.2) is 9.84 Å². The van der Waals surface area contributed by atoms with Crippen molar-refractivity contribution in [1.82, 2.24) is 5.32 Å². The van der Waals surface area contributed by atoms with Crippen LogP contribution in [0.2, 0.25) is 0 Å². The molecule has 4 atom stereocenters. The van der Waals surface area contributed by atoms with E-state index in [1.807, 2.05) is 0 Å². The fourth-order valence-electron chi connectivity index (χ4n) is 3.82. The van der Waals surface area contributed by atoms with Crippen LogP contribution in [0, 0.1) is 5.41 Å². The minimum atomic E-state index is -2.97. The zero-order valence-corrected chi connectivity index (χ0v) is 14.2. The molecule has 0 aromatic carbocycles. The van der Waals surface area contributed by atoms with E-state index in [9.17, 15) is 8.42 Å². The first kappa shape index (κ1) is 16.2. The Labute approximate surface area is 123 Å². The van der Waals surface area contributed by atoms with Crippen LogP contribution in [-0.4, -0.2) is 44.7 Å². The van der Waals surface area contributed by atoms with Crippen LogP contribution in [-0.2, 0) is 14.6 Å². The average Bonchev–Trinajstić information content (AvgIpc) is 2.37. The van der Waals surface area contributed by atoms with Gasteiger partial charge in [0.1, 0.15) is 0 Å². The Hall–Kier alpha value is -0.130. The molecule has 20 heavy (non-hydrogen) atoms. The van der Waals surface area contributed by atoms with Crippen LogP contribution in [0.25, 0.3) is 0 Å². The third kappa shape index (κ3) is 2.64.